The Morgan fingerprint density at radius 3 is 2.81 bits per heavy atom. The highest BCUT2D eigenvalue weighted by Gasteiger charge is 2.11. The first-order valence-corrected chi connectivity index (χ1v) is 5.37. The molecule has 0 fully saturated rings. The van der Waals surface area contributed by atoms with E-state index in [9.17, 15) is 5.11 Å². The molecule has 0 aliphatic carbocycles. The summed E-state index contributed by atoms with van der Waals surface area (Å²) in [5.74, 6) is 0.518. The monoisotopic (exact) mass is 217 g/mol. The van der Waals surface area contributed by atoms with Crippen molar-refractivity contribution in [3.8, 4) is 11.5 Å². The Hall–Kier alpha value is -1.90. The van der Waals surface area contributed by atoms with E-state index < -0.39 is 0 Å². The summed E-state index contributed by atoms with van der Waals surface area (Å²) in [4.78, 5) is 0. The number of hydrogen-bond donors (Lipinski definition) is 2. The second-order valence-electron chi connectivity index (χ2n) is 3.71. The molecule has 3 N–H and O–H groups in total. The molecule has 2 rings (SSSR count). The van der Waals surface area contributed by atoms with Crippen molar-refractivity contribution in [3.63, 3.8) is 0 Å². The highest BCUT2D eigenvalue weighted by atomic mass is 16.5. The summed E-state index contributed by atoms with van der Waals surface area (Å²) in [5.41, 5.74) is 6.08. The maximum Gasteiger partial charge on any atom is 0.181 e. The number of nitrogen functional groups attached to an aromatic ring is 1. The molecule has 0 heterocycles. The van der Waals surface area contributed by atoms with Crippen molar-refractivity contribution < 1.29 is 9.84 Å². The van der Waals surface area contributed by atoms with Gasteiger partial charge in [0.15, 0.2) is 11.5 Å². The number of phenols is 1. The third-order valence-corrected chi connectivity index (χ3v) is 2.46. The maximum atomic E-state index is 9.87. The first kappa shape index (κ1) is 10.6. The minimum atomic E-state index is 0.0344. The van der Waals surface area contributed by atoms with Crippen LogP contribution in [0.2, 0.25) is 0 Å². The molecule has 0 aliphatic rings. The molecule has 0 aromatic heterocycles. The van der Waals surface area contributed by atoms with Crippen LogP contribution >= 0.6 is 0 Å². The summed E-state index contributed by atoms with van der Waals surface area (Å²) in [6.45, 7) is 2.59. The second-order valence-corrected chi connectivity index (χ2v) is 3.71. The number of phenolic OH excluding ortho intramolecular Hbond substituents is 1. The zero-order chi connectivity index (χ0) is 11.5. The van der Waals surface area contributed by atoms with Crippen LogP contribution in [0.25, 0.3) is 10.8 Å². The lowest BCUT2D eigenvalue weighted by atomic mass is 10.1. The zero-order valence-electron chi connectivity index (χ0n) is 9.23. The van der Waals surface area contributed by atoms with Crippen molar-refractivity contribution in [2.45, 2.75) is 13.3 Å². The van der Waals surface area contributed by atoms with Gasteiger partial charge in [0.25, 0.3) is 0 Å². The smallest absolute Gasteiger partial charge is 0.181 e. The van der Waals surface area contributed by atoms with Gasteiger partial charge < -0.3 is 15.6 Å². The van der Waals surface area contributed by atoms with E-state index in [1.165, 1.54) is 0 Å². The molecule has 0 radical (unpaired) electrons. The molecule has 2 aromatic carbocycles. The number of ether oxygens (including phenoxy) is 1. The van der Waals surface area contributed by atoms with Gasteiger partial charge in [0.1, 0.15) is 0 Å². The molecule has 3 heteroatoms. The molecular weight excluding hydrogens is 202 g/mol. The lowest BCUT2D eigenvalue weighted by Crippen LogP contribution is -1.98. The van der Waals surface area contributed by atoms with Crippen molar-refractivity contribution in [2.75, 3.05) is 12.3 Å². The molecule has 0 saturated heterocycles. The Morgan fingerprint density at radius 2 is 2.06 bits per heavy atom. The lowest BCUT2D eigenvalue weighted by Gasteiger charge is -2.12. The molecule has 0 unspecified atom stereocenters. The number of nitrogens with two attached hydrogens (primary N) is 1. The van der Waals surface area contributed by atoms with Crippen LogP contribution in [0.1, 0.15) is 13.3 Å². The molecular formula is C13H15NO2. The Labute approximate surface area is 94.5 Å². The second kappa shape index (κ2) is 4.31. The van der Waals surface area contributed by atoms with Gasteiger partial charge in [-0.2, -0.15) is 0 Å². The first-order chi connectivity index (χ1) is 7.74. The molecule has 0 saturated carbocycles. The number of aromatic hydroxyl groups is 1. The number of hydrogen-bond acceptors (Lipinski definition) is 3. The quantitative estimate of drug-likeness (QED) is 0.614. The molecule has 0 atom stereocenters. The van der Waals surface area contributed by atoms with Gasteiger partial charge in [0.2, 0.25) is 0 Å². The average molecular weight is 217 g/mol. The van der Waals surface area contributed by atoms with Crippen LogP contribution in [0.4, 0.5) is 5.69 Å². The van der Waals surface area contributed by atoms with Crippen LogP contribution in [-0.2, 0) is 0 Å². The van der Waals surface area contributed by atoms with E-state index in [0.717, 1.165) is 17.2 Å². The Morgan fingerprint density at radius 1 is 1.31 bits per heavy atom. The minimum absolute atomic E-state index is 0.0344. The SMILES string of the molecule is CCCOc1c(O)c(N)cc2ccccc12. The van der Waals surface area contributed by atoms with Gasteiger partial charge in [0, 0.05) is 5.39 Å². The zero-order valence-corrected chi connectivity index (χ0v) is 9.23. The van der Waals surface area contributed by atoms with Crippen LogP contribution in [0.15, 0.2) is 30.3 Å². The van der Waals surface area contributed by atoms with E-state index in [2.05, 4.69) is 0 Å². The van der Waals surface area contributed by atoms with Gasteiger partial charge in [-0.1, -0.05) is 31.2 Å². The molecule has 0 bridgehead atoms. The summed E-state index contributed by atoms with van der Waals surface area (Å²) in [6.07, 6.45) is 0.891. The van der Waals surface area contributed by atoms with Gasteiger partial charge in [-0.15, -0.1) is 0 Å². The van der Waals surface area contributed by atoms with E-state index in [4.69, 9.17) is 10.5 Å². The topological polar surface area (TPSA) is 55.5 Å². The highest BCUT2D eigenvalue weighted by molar-refractivity contribution is 5.94. The first-order valence-electron chi connectivity index (χ1n) is 5.37. The summed E-state index contributed by atoms with van der Waals surface area (Å²) in [5, 5.41) is 11.7. The van der Waals surface area contributed by atoms with Crippen LogP contribution in [0.5, 0.6) is 11.5 Å². The molecule has 16 heavy (non-hydrogen) atoms. The van der Waals surface area contributed by atoms with E-state index >= 15 is 0 Å². The Bertz CT molecular complexity index is 509. The van der Waals surface area contributed by atoms with Crippen LogP contribution in [0.3, 0.4) is 0 Å². The third-order valence-electron chi connectivity index (χ3n) is 2.46. The predicted octanol–water partition coefficient (Wildman–Crippen LogP) is 2.92. The van der Waals surface area contributed by atoms with Crippen LogP contribution in [0, 0.1) is 0 Å². The Kier molecular flexibility index (Phi) is 2.86. The van der Waals surface area contributed by atoms with Crippen molar-refractivity contribution in [2.24, 2.45) is 0 Å². The Balaban J connectivity index is 2.61. The molecule has 0 amide bonds. The van der Waals surface area contributed by atoms with E-state index in [-0.39, 0.29) is 5.75 Å². The number of anilines is 1. The lowest BCUT2D eigenvalue weighted by molar-refractivity contribution is 0.304. The number of rotatable bonds is 3. The van der Waals surface area contributed by atoms with E-state index in [1.807, 2.05) is 31.2 Å². The molecule has 0 spiro atoms. The van der Waals surface area contributed by atoms with Gasteiger partial charge in [-0.25, -0.2) is 0 Å². The third kappa shape index (κ3) is 1.76. The van der Waals surface area contributed by atoms with Crippen molar-refractivity contribution in [1.82, 2.24) is 0 Å². The van der Waals surface area contributed by atoms with Crippen LogP contribution in [-0.4, -0.2) is 11.7 Å². The summed E-state index contributed by atoms with van der Waals surface area (Å²) < 4.78 is 5.55. The number of fused-ring (bicyclic) bond motifs is 1. The van der Waals surface area contributed by atoms with E-state index in [0.29, 0.717) is 18.0 Å². The normalized spacial score (nSPS) is 10.6. The molecule has 3 nitrogen and oxygen atoms in total. The molecule has 2 aromatic rings. The maximum absolute atomic E-state index is 9.87. The fourth-order valence-corrected chi connectivity index (χ4v) is 1.67. The molecule has 0 aliphatic heterocycles. The van der Waals surface area contributed by atoms with E-state index in [1.54, 1.807) is 6.07 Å². The highest BCUT2D eigenvalue weighted by Crippen LogP contribution is 2.39. The number of benzene rings is 2. The van der Waals surface area contributed by atoms with Gasteiger partial charge >= 0.3 is 0 Å². The van der Waals surface area contributed by atoms with Crippen LogP contribution < -0.4 is 10.5 Å². The summed E-state index contributed by atoms with van der Waals surface area (Å²) in [6, 6.07) is 9.46. The predicted molar refractivity (Wildman–Crippen MR) is 65.8 cm³/mol. The van der Waals surface area contributed by atoms with Gasteiger partial charge in [-0.3, -0.25) is 0 Å². The largest absolute Gasteiger partial charge is 0.503 e. The fourth-order valence-electron chi connectivity index (χ4n) is 1.67. The van der Waals surface area contributed by atoms with Gasteiger partial charge in [0.05, 0.1) is 12.3 Å². The van der Waals surface area contributed by atoms with Crippen molar-refractivity contribution in [1.29, 1.82) is 0 Å². The average Bonchev–Trinajstić information content (AvgIpc) is 2.30. The van der Waals surface area contributed by atoms with Crippen molar-refractivity contribution in [3.05, 3.63) is 30.3 Å². The minimum Gasteiger partial charge on any atom is -0.503 e. The van der Waals surface area contributed by atoms with Crippen molar-refractivity contribution >= 4 is 16.5 Å². The summed E-state index contributed by atoms with van der Waals surface area (Å²) >= 11 is 0. The molecule has 84 valence electrons. The van der Waals surface area contributed by atoms with Gasteiger partial charge in [-0.05, 0) is 17.9 Å². The standard InChI is InChI=1S/C13H15NO2/c1-2-7-16-13-10-6-4-3-5-9(10)8-11(14)12(13)15/h3-6,8,15H,2,7,14H2,1H3. The fraction of sp³-hybridized carbons (Fsp3) is 0.231. The summed E-state index contributed by atoms with van der Waals surface area (Å²) in [7, 11) is 0.